The van der Waals surface area contributed by atoms with Gasteiger partial charge in [0.2, 0.25) is 0 Å². The van der Waals surface area contributed by atoms with Crippen LogP contribution >= 0.6 is 11.6 Å². The summed E-state index contributed by atoms with van der Waals surface area (Å²) >= 11 is 5.66. The van der Waals surface area contributed by atoms with Crippen LogP contribution in [0.1, 0.15) is 19.8 Å². The van der Waals surface area contributed by atoms with Gasteiger partial charge in [0.1, 0.15) is 0 Å². The number of nitrogens with zero attached hydrogens (tertiary/aromatic N) is 3. The van der Waals surface area contributed by atoms with Gasteiger partial charge in [0.15, 0.2) is 11.0 Å². The molecule has 0 aromatic carbocycles. The molecule has 82 valence electrons. The van der Waals surface area contributed by atoms with Crippen LogP contribution in [0.5, 0.6) is 0 Å². The fraction of sp³-hybridized carbons (Fsp3) is 0.600. The molecule has 1 N–H and O–H groups in total. The first-order valence-corrected chi connectivity index (χ1v) is 5.41. The lowest BCUT2D eigenvalue weighted by molar-refractivity contribution is 0.0350. The molecule has 1 aliphatic heterocycles. The highest BCUT2D eigenvalue weighted by Gasteiger charge is 2.27. The Morgan fingerprint density at radius 3 is 2.53 bits per heavy atom. The SMILES string of the molecule is CC1(O)CCN(c2ccc(Cl)nn2)CC1. The van der Waals surface area contributed by atoms with E-state index in [1.807, 2.05) is 13.0 Å². The maximum absolute atomic E-state index is 9.80. The smallest absolute Gasteiger partial charge is 0.151 e. The van der Waals surface area contributed by atoms with Crippen molar-refractivity contribution in [1.29, 1.82) is 0 Å². The van der Waals surface area contributed by atoms with Crippen molar-refractivity contribution in [3.63, 3.8) is 0 Å². The van der Waals surface area contributed by atoms with Crippen LogP contribution in [-0.4, -0.2) is 34.0 Å². The maximum Gasteiger partial charge on any atom is 0.151 e. The van der Waals surface area contributed by atoms with Gasteiger partial charge in [-0.2, -0.15) is 0 Å². The number of hydrogen-bond acceptors (Lipinski definition) is 4. The van der Waals surface area contributed by atoms with E-state index in [1.165, 1.54) is 0 Å². The number of aromatic nitrogens is 2. The summed E-state index contributed by atoms with van der Waals surface area (Å²) in [5.41, 5.74) is -0.531. The Balaban J connectivity index is 2.04. The Labute approximate surface area is 93.9 Å². The van der Waals surface area contributed by atoms with Gasteiger partial charge in [0.25, 0.3) is 0 Å². The average molecular weight is 228 g/mol. The molecular weight excluding hydrogens is 214 g/mol. The van der Waals surface area contributed by atoms with Gasteiger partial charge >= 0.3 is 0 Å². The largest absolute Gasteiger partial charge is 0.390 e. The Morgan fingerprint density at radius 2 is 2.00 bits per heavy atom. The average Bonchev–Trinajstić information content (AvgIpc) is 2.20. The van der Waals surface area contributed by atoms with E-state index in [1.54, 1.807) is 6.07 Å². The van der Waals surface area contributed by atoms with Crippen molar-refractivity contribution in [2.45, 2.75) is 25.4 Å². The zero-order chi connectivity index (χ0) is 10.9. The van der Waals surface area contributed by atoms with Gasteiger partial charge in [0, 0.05) is 13.1 Å². The summed E-state index contributed by atoms with van der Waals surface area (Å²) in [5.74, 6) is 0.829. The fourth-order valence-electron chi connectivity index (χ4n) is 1.70. The summed E-state index contributed by atoms with van der Waals surface area (Å²) in [6, 6.07) is 3.59. The summed E-state index contributed by atoms with van der Waals surface area (Å²) in [6.45, 7) is 3.49. The van der Waals surface area contributed by atoms with Crippen molar-refractivity contribution in [3.8, 4) is 0 Å². The van der Waals surface area contributed by atoms with Crippen molar-refractivity contribution in [2.24, 2.45) is 0 Å². The number of piperidine rings is 1. The fourth-order valence-corrected chi connectivity index (χ4v) is 1.80. The molecular formula is C10H14ClN3O. The van der Waals surface area contributed by atoms with Gasteiger partial charge in [-0.05, 0) is 31.9 Å². The van der Waals surface area contributed by atoms with E-state index in [-0.39, 0.29) is 0 Å². The van der Waals surface area contributed by atoms with Crippen molar-refractivity contribution in [3.05, 3.63) is 17.3 Å². The van der Waals surface area contributed by atoms with Crippen LogP contribution in [0.3, 0.4) is 0 Å². The minimum absolute atomic E-state index is 0.405. The van der Waals surface area contributed by atoms with Crippen LogP contribution < -0.4 is 4.90 Å². The Morgan fingerprint density at radius 1 is 1.33 bits per heavy atom. The van der Waals surface area contributed by atoms with Gasteiger partial charge in [-0.25, -0.2) is 0 Å². The third kappa shape index (κ3) is 2.58. The molecule has 5 heteroatoms. The van der Waals surface area contributed by atoms with Gasteiger partial charge in [-0.3, -0.25) is 0 Å². The minimum atomic E-state index is -0.531. The molecule has 1 aromatic heterocycles. The van der Waals surface area contributed by atoms with E-state index in [9.17, 15) is 5.11 Å². The summed E-state index contributed by atoms with van der Waals surface area (Å²) < 4.78 is 0. The van der Waals surface area contributed by atoms with Gasteiger partial charge in [0.05, 0.1) is 5.60 Å². The number of aliphatic hydroxyl groups is 1. The Hall–Kier alpha value is -0.870. The molecule has 4 nitrogen and oxygen atoms in total. The van der Waals surface area contributed by atoms with Crippen molar-refractivity contribution < 1.29 is 5.11 Å². The lowest BCUT2D eigenvalue weighted by atomic mass is 9.94. The first kappa shape index (κ1) is 10.6. The van der Waals surface area contributed by atoms with Crippen molar-refractivity contribution in [1.82, 2.24) is 10.2 Å². The van der Waals surface area contributed by atoms with Gasteiger partial charge in [-0.15, -0.1) is 10.2 Å². The quantitative estimate of drug-likeness (QED) is 0.790. The predicted molar refractivity (Wildman–Crippen MR) is 59.1 cm³/mol. The molecule has 0 spiro atoms. The molecule has 1 aromatic rings. The number of hydrogen-bond donors (Lipinski definition) is 1. The van der Waals surface area contributed by atoms with Crippen molar-refractivity contribution >= 4 is 17.4 Å². The first-order valence-electron chi connectivity index (χ1n) is 5.03. The molecule has 15 heavy (non-hydrogen) atoms. The first-order chi connectivity index (χ1) is 7.07. The highest BCUT2D eigenvalue weighted by Crippen LogP contribution is 2.24. The van der Waals surface area contributed by atoms with E-state index in [2.05, 4.69) is 15.1 Å². The molecule has 1 saturated heterocycles. The number of rotatable bonds is 1. The monoisotopic (exact) mass is 227 g/mol. The normalized spacial score (nSPS) is 20.3. The molecule has 2 heterocycles. The molecule has 0 radical (unpaired) electrons. The lowest BCUT2D eigenvalue weighted by Gasteiger charge is -2.36. The molecule has 0 aliphatic carbocycles. The van der Waals surface area contributed by atoms with E-state index in [4.69, 9.17) is 11.6 Å². The molecule has 0 bridgehead atoms. The second-order valence-corrected chi connectivity index (χ2v) is 4.59. The lowest BCUT2D eigenvalue weighted by Crippen LogP contribution is -2.42. The summed E-state index contributed by atoms with van der Waals surface area (Å²) in [4.78, 5) is 2.11. The number of anilines is 1. The summed E-state index contributed by atoms with van der Waals surface area (Å²) in [6.07, 6.45) is 1.52. The topological polar surface area (TPSA) is 49.2 Å². The summed E-state index contributed by atoms with van der Waals surface area (Å²) in [5, 5.41) is 18.0. The van der Waals surface area contributed by atoms with E-state index >= 15 is 0 Å². The zero-order valence-corrected chi connectivity index (χ0v) is 9.41. The minimum Gasteiger partial charge on any atom is -0.390 e. The Bertz CT molecular complexity index is 329. The molecule has 0 unspecified atom stereocenters. The third-order valence-corrected chi connectivity index (χ3v) is 2.98. The standard InChI is InChI=1S/C10H14ClN3O/c1-10(15)4-6-14(7-5-10)9-3-2-8(11)12-13-9/h2-3,15H,4-7H2,1H3. The van der Waals surface area contributed by atoms with Crippen LogP contribution in [0.15, 0.2) is 12.1 Å². The van der Waals surface area contributed by atoms with E-state index in [0.29, 0.717) is 5.15 Å². The molecule has 1 aliphatic rings. The zero-order valence-electron chi connectivity index (χ0n) is 8.65. The highest BCUT2D eigenvalue weighted by molar-refractivity contribution is 6.29. The van der Waals surface area contributed by atoms with Gasteiger partial charge in [-0.1, -0.05) is 11.6 Å². The molecule has 2 rings (SSSR count). The third-order valence-electron chi connectivity index (χ3n) is 2.78. The van der Waals surface area contributed by atoms with Crippen molar-refractivity contribution in [2.75, 3.05) is 18.0 Å². The Kier molecular flexibility index (Phi) is 2.80. The molecule has 0 amide bonds. The maximum atomic E-state index is 9.80. The number of halogens is 1. The second-order valence-electron chi connectivity index (χ2n) is 4.20. The van der Waals surface area contributed by atoms with Crippen LogP contribution in [-0.2, 0) is 0 Å². The molecule has 1 fully saturated rings. The predicted octanol–water partition coefficient (Wildman–Crippen LogP) is 1.48. The van der Waals surface area contributed by atoms with E-state index in [0.717, 1.165) is 31.7 Å². The molecule has 0 atom stereocenters. The van der Waals surface area contributed by atoms with Gasteiger partial charge < -0.3 is 10.0 Å². The van der Waals surface area contributed by atoms with Crippen LogP contribution in [0.4, 0.5) is 5.82 Å². The molecule has 0 saturated carbocycles. The van der Waals surface area contributed by atoms with Crippen LogP contribution in [0, 0.1) is 0 Å². The van der Waals surface area contributed by atoms with Crippen LogP contribution in [0.2, 0.25) is 5.15 Å². The van der Waals surface area contributed by atoms with E-state index < -0.39 is 5.60 Å². The summed E-state index contributed by atoms with van der Waals surface area (Å²) in [7, 11) is 0. The second kappa shape index (κ2) is 3.94. The highest BCUT2D eigenvalue weighted by atomic mass is 35.5. The van der Waals surface area contributed by atoms with Crippen LogP contribution in [0.25, 0.3) is 0 Å².